The van der Waals surface area contributed by atoms with Gasteiger partial charge in [-0.25, -0.2) is 0 Å². The van der Waals surface area contributed by atoms with Crippen molar-refractivity contribution in [3.63, 3.8) is 0 Å². The van der Waals surface area contributed by atoms with E-state index in [1.165, 1.54) is 0 Å². The highest BCUT2D eigenvalue weighted by Gasteiger charge is 2.29. The molecule has 3 heteroatoms. The van der Waals surface area contributed by atoms with Crippen molar-refractivity contribution in [1.82, 2.24) is 0 Å². The Morgan fingerprint density at radius 1 is 1.50 bits per heavy atom. The lowest BCUT2D eigenvalue weighted by Gasteiger charge is -2.34. The lowest BCUT2D eigenvalue weighted by Crippen LogP contribution is -2.34. The first-order valence-electron chi connectivity index (χ1n) is 6.24. The molecule has 18 heavy (non-hydrogen) atoms. The van der Waals surface area contributed by atoms with Crippen LogP contribution in [-0.4, -0.2) is 24.2 Å². The number of carbonyl (C=O) groups is 1. The van der Waals surface area contributed by atoms with Crippen LogP contribution in [0.2, 0.25) is 0 Å². The van der Waals surface area contributed by atoms with Gasteiger partial charge in [-0.1, -0.05) is 18.2 Å². The van der Waals surface area contributed by atoms with E-state index in [-0.39, 0.29) is 5.92 Å². The van der Waals surface area contributed by atoms with E-state index in [1.54, 1.807) is 0 Å². The van der Waals surface area contributed by atoms with Gasteiger partial charge in [-0.3, -0.25) is 4.79 Å². The second-order valence-electron chi connectivity index (χ2n) is 4.53. The van der Waals surface area contributed by atoms with Crippen LogP contribution < -0.4 is 4.90 Å². The Morgan fingerprint density at radius 3 is 3.00 bits per heavy atom. The molecule has 0 bridgehead atoms. The third kappa shape index (κ3) is 2.48. The highest BCUT2D eigenvalue weighted by molar-refractivity contribution is 5.80. The first-order valence-corrected chi connectivity index (χ1v) is 6.24. The standard InChI is InChI=1S/C15H17NO2/c1-2-3-6-10-16-11-9-13(15(17)18)12-7-4-5-8-14(12)16/h1,4-5,7-8,13H,3,6,9-11H2,(H,17,18). The zero-order chi connectivity index (χ0) is 13.0. The molecular formula is C15H17NO2. The van der Waals surface area contributed by atoms with Crippen LogP contribution in [-0.2, 0) is 4.79 Å². The summed E-state index contributed by atoms with van der Waals surface area (Å²) in [4.78, 5) is 13.5. The van der Waals surface area contributed by atoms with Crippen LogP contribution in [0.5, 0.6) is 0 Å². The normalized spacial score (nSPS) is 17.9. The summed E-state index contributed by atoms with van der Waals surface area (Å²) in [5.74, 6) is 1.54. The molecule has 1 aromatic rings. The molecule has 0 saturated heterocycles. The number of unbranched alkanes of at least 4 members (excludes halogenated alkanes) is 1. The molecule has 0 fully saturated rings. The summed E-state index contributed by atoms with van der Waals surface area (Å²) in [6.07, 6.45) is 7.64. The number of carboxylic acid groups (broad SMARTS) is 1. The molecule has 1 aliphatic rings. The Bertz CT molecular complexity index is 476. The van der Waals surface area contributed by atoms with Gasteiger partial charge < -0.3 is 10.0 Å². The molecule has 0 spiro atoms. The molecule has 3 nitrogen and oxygen atoms in total. The molecule has 2 rings (SSSR count). The van der Waals surface area contributed by atoms with Crippen molar-refractivity contribution in [3.8, 4) is 12.3 Å². The second-order valence-corrected chi connectivity index (χ2v) is 4.53. The average molecular weight is 243 g/mol. The fourth-order valence-electron chi connectivity index (χ4n) is 2.49. The summed E-state index contributed by atoms with van der Waals surface area (Å²) in [6, 6.07) is 7.78. The van der Waals surface area contributed by atoms with Crippen LogP contribution >= 0.6 is 0 Å². The van der Waals surface area contributed by atoms with Gasteiger partial charge >= 0.3 is 5.97 Å². The van der Waals surface area contributed by atoms with E-state index in [9.17, 15) is 9.90 Å². The van der Waals surface area contributed by atoms with Crippen LogP contribution in [0.3, 0.4) is 0 Å². The maximum atomic E-state index is 11.2. The van der Waals surface area contributed by atoms with E-state index < -0.39 is 5.97 Å². The van der Waals surface area contributed by atoms with Gasteiger partial charge in [0.1, 0.15) is 0 Å². The zero-order valence-corrected chi connectivity index (χ0v) is 10.3. The van der Waals surface area contributed by atoms with E-state index in [0.29, 0.717) is 6.42 Å². The molecule has 1 unspecified atom stereocenters. The molecule has 1 atom stereocenters. The maximum Gasteiger partial charge on any atom is 0.311 e. The minimum absolute atomic E-state index is 0.370. The quantitative estimate of drug-likeness (QED) is 0.652. The van der Waals surface area contributed by atoms with Crippen molar-refractivity contribution in [1.29, 1.82) is 0 Å². The Labute approximate surface area is 107 Å². The van der Waals surface area contributed by atoms with Gasteiger partial charge in [0.15, 0.2) is 0 Å². The number of rotatable bonds is 4. The van der Waals surface area contributed by atoms with E-state index in [1.807, 2.05) is 24.3 Å². The molecule has 0 aliphatic carbocycles. The number of para-hydroxylation sites is 1. The minimum atomic E-state index is -0.731. The summed E-state index contributed by atoms with van der Waals surface area (Å²) in [6.45, 7) is 1.69. The fraction of sp³-hybridized carbons (Fsp3) is 0.400. The molecule has 0 radical (unpaired) electrons. The summed E-state index contributed by atoms with van der Waals surface area (Å²) >= 11 is 0. The fourth-order valence-corrected chi connectivity index (χ4v) is 2.49. The van der Waals surface area contributed by atoms with Gasteiger partial charge in [0, 0.05) is 25.2 Å². The highest BCUT2D eigenvalue weighted by atomic mass is 16.4. The van der Waals surface area contributed by atoms with E-state index in [4.69, 9.17) is 6.42 Å². The smallest absolute Gasteiger partial charge is 0.311 e. The van der Waals surface area contributed by atoms with E-state index >= 15 is 0 Å². The first kappa shape index (κ1) is 12.5. The number of nitrogens with zero attached hydrogens (tertiary/aromatic N) is 1. The Morgan fingerprint density at radius 2 is 2.28 bits per heavy atom. The number of benzene rings is 1. The maximum absolute atomic E-state index is 11.2. The molecule has 0 amide bonds. The molecular weight excluding hydrogens is 226 g/mol. The Hall–Kier alpha value is -1.95. The topological polar surface area (TPSA) is 40.5 Å². The predicted octanol–water partition coefficient (Wildman–Crippen LogP) is 2.48. The van der Waals surface area contributed by atoms with Crippen LogP contribution in [0.25, 0.3) is 0 Å². The lowest BCUT2D eigenvalue weighted by molar-refractivity contribution is -0.139. The van der Waals surface area contributed by atoms with Gasteiger partial charge in [-0.15, -0.1) is 12.3 Å². The lowest BCUT2D eigenvalue weighted by atomic mass is 9.90. The van der Waals surface area contributed by atoms with Crippen molar-refractivity contribution >= 4 is 11.7 Å². The number of anilines is 1. The number of hydrogen-bond acceptors (Lipinski definition) is 2. The van der Waals surface area contributed by atoms with Crippen LogP contribution in [0.1, 0.15) is 30.7 Å². The summed E-state index contributed by atoms with van der Waals surface area (Å²) in [5.41, 5.74) is 1.98. The van der Waals surface area contributed by atoms with Crippen molar-refractivity contribution in [2.45, 2.75) is 25.2 Å². The van der Waals surface area contributed by atoms with E-state index in [2.05, 4.69) is 10.8 Å². The number of fused-ring (bicyclic) bond motifs is 1. The van der Waals surface area contributed by atoms with Crippen molar-refractivity contribution in [3.05, 3.63) is 29.8 Å². The monoisotopic (exact) mass is 243 g/mol. The van der Waals surface area contributed by atoms with Crippen LogP contribution in [0, 0.1) is 12.3 Å². The van der Waals surface area contributed by atoms with Gasteiger partial charge in [0.05, 0.1) is 5.92 Å². The minimum Gasteiger partial charge on any atom is -0.481 e. The van der Waals surface area contributed by atoms with Gasteiger partial charge in [0.2, 0.25) is 0 Å². The van der Waals surface area contributed by atoms with Gasteiger partial charge in [-0.05, 0) is 24.5 Å². The van der Waals surface area contributed by atoms with Crippen molar-refractivity contribution in [2.75, 3.05) is 18.0 Å². The zero-order valence-electron chi connectivity index (χ0n) is 10.3. The van der Waals surface area contributed by atoms with Crippen molar-refractivity contribution < 1.29 is 9.90 Å². The second kappa shape index (κ2) is 5.59. The SMILES string of the molecule is C#CCCCN1CCC(C(=O)O)c2ccccc21. The summed E-state index contributed by atoms with van der Waals surface area (Å²) < 4.78 is 0. The van der Waals surface area contributed by atoms with Crippen LogP contribution in [0.15, 0.2) is 24.3 Å². The largest absolute Gasteiger partial charge is 0.481 e. The molecule has 0 saturated carbocycles. The number of terminal acetylenes is 1. The van der Waals surface area contributed by atoms with Gasteiger partial charge in [-0.2, -0.15) is 0 Å². The number of hydrogen-bond donors (Lipinski definition) is 1. The predicted molar refractivity (Wildman–Crippen MR) is 71.7 cm³/mol. The summed E-state index contributed by atoms with van der Waals surface area (Å²) in [7, 11) is 0. The molecule has 1 heterocycles. The molecule has 0 aromatic heterocycles. The molecule has 94 valence electrons. The first-order chi connectivity index (χ1) is 8.74. The average Bonchev–Trinajstić information content (AvgIpc) is 2.38. The van der Waals surface area contributed by atoms with Crippen LogP contribution in [0.4, 0.5) is 5.69 Å². The van der Waals surface area contributed by atoms with Crippen molar-refractivity contribution in [2.24, 2.45) is 0 Å². The third-order valence-electron chi connectivity index (χ3n) is 3.39. The summed E-state index contributed by atoms with van der Waals surface area (Å²) in [5, 5.41) is 9.24. The van der Waals surface area contributed by atoms with E-state index in [0.717, 1.165) is 37.2 Å². The highest BCUT2D eigenvalue weighted by Crippen LogP contribution is 2.35. The molecule has 1 aromatic carbocycles. The number of aliphatic carboxylic acids is 1. The van der Waals surface area contributed by atoms with Gasteiger partial charge in [0.25, 0.3) is 0 Å². The molecule has 1 N–H and O–H groups in total. The Balaban J connectivity index is 2.20. The Kier molecular flexibility index (Phi) is 3.88. The number of carboxylic acids is 1. The molecule has 1 aliphatic heterocycles. The third-order valence-corrected chi connectivity index (χ3v) is 3.39.